The number of benzene rings is 1. The van der Waals surface area contributed by atoms with Crippen LogP contribution in [0.2, 0.25) is 0 Å². The molecule has 3 amide bonds. The molecule has 1 heterocycles. The van der Waals surface area contributed by atoms with Crippen molar-refractivity contribution in [3.8, 4) is 5.75 Å². The second-order valence-electron chi connectivity index (χ2n) is 9.93. The summed E-state index contributed by atoms with van der Waals surface area (Å²) in [6, 6.07) is 2.75. The van der Waals surface area contributed by atoms with Crippen LogP contribution in [0.15, 0.2) is 24.3 Å². The van der Waals surface area contributed by atoms with Crippen LogP contribution >= 0.6 is 0 Å². The standard InChI is InChI=1S/C25H38N4O6/c1-14(2)12-19(25(34)35)27-23(32)20-6-5-11-29(20)24(33)21(15(3)4)28-22(31)18(26)13-16-7-9-17(30)10-8-16/h7-10,14-15,18-21,30H,5-6,11-13,26H2,1-4H3,(H,27,32)(H,28,31)(H,34,35). The van der Waals surface area contributed by atoms with Gasteiger partial charge in [0.2, 0.25) is 17.7 Å². The first kappa shape index (κ1) is 28.1. The molecule has 1 saturated heterocycles. The second kappa shape index (κ2) is 12.5. The van der Waals surface area contributed by atoms with Crippen molar-refractivity contribution in [3.05, 3.63) is 29.8 Å². The van der Waals surface area contributed by atoms with Crippen LogP contribution < -0.4 is 16.4 Å². The molecule has 35 heavy (non-hydrogen) atoms. The zero-order valence-electron chi connectivity index (χ0n) is 20.9. The summed E-state index contributed by atoms with van der Waals surface area (Å²) >= 11 is 0. The minimum Gasteiger partial charge on any atom is -0.508 e. The summed E-state index contributed by atoms with van der Waals surface area (Å²) in [6.45, 7) is 7.67. The predicted octanol–water partition coefficient (Wildman–Crippen LogP) is 1.01. The van der Waals surface area contributed by atoms with Crippen LogP contribution in [0.4, 0.5) is 0 Å². The van der Waals surface area contributed by atoms with Gasteiger partial charge >= 0.3 is 5.97 Å². The van der Waals surface area contributed by atoms with E-state index in [-0.39, 0.29) is 30.4 Å². The minimum atomic E-state index is -1.11. The van der Waals surface area contributed by atoms with Crippen molar-refractivity contribution >= 4 is 23.7 Å². The van der Waals surface area contributed by atoms with Crippen LogP contribution in [0.3, 0.4) is 0 Å². The van der Waals surface area contributed by atoms with E-state index < -0.39 is 47.9 Å². The zero-order valence-corrected chi connectivity index (χ0v) is 20.9. The van der Waals surface area contributed by atoms with Gasteiger partial charge in [-0.25, -0.2) is 4.79 Å². The Morgan fingerprint density at radius 2 is 1.71 bits per heavy atom. The number of amides is 3. The van der Waals surface area contributed by atoms with E-state index in [1.54, 1.807) is 26.0 Å². The molecule has 2 rings (SSSR count). The van der Waals surface area contributed by atoms with Crippen molar-refractivity contribution in [1.82, 2.24) is 15.5 Å². The highest BCUT2D eigenvalue weighted by Crippen LogP contribution is 2.21. The fourth-order valence-corrected chi connectivity index (χ4v) is 4.20. The molecule has 4 atom stereocenters. The lowest BCUT2D eigenvalue weighted by Crippen LogP contribution is -2.58. The largest absolute Gasteiger partial charge is 0.508 e. The Morgan fingerprint density at radius 3 is 2.26 bits per heavy atom. The molecule has 1 aliphatic rings. The Kier molecular flexibility index (Phi) is 10.1. The first-order chi connectivity index (χ1) is 16.4. The van der Waals surface area contributed by atoms with E-state index in [1.165, 1.54) is 17.0 Å². The average molecular weight is 491 g/mol. The fourth-order valence-electron chi connectivity index (χ4n) is 4.20. The van der Waals surface area contributed by atoms with E-state index in [0.29, 0.717) is 19.4 Å². The van der Waals surface area contributed by atoms with Crippen LogP contribution in [0, 0.1) is 11.8 Å². The molecule has 0 radical (unpaired) electrons. The Bertz CT molecular complexity index is 902. The first-order valence-electron chi connectivity index (χ1n) is 12.1. The van der Waals surface area contributed by atoms with Crippen LogP contribution in [0.25, 0.3) is 0 Å². The van der Waals surface area contributed by atoms with Crippen molar-refractivity contribution < 1.29 is 29.4 Å². The molecule has 10 heteroatoms. The number of hydrogen-bond donors (Lipinski definition) is 5. The minimum absolute atomic E-state index is 0.0732. The van der Waals surface area contributed by atoms with Crippen molar-refractivity contribution in [2.24, 2.45) is 17.6 Å². The highest BCUT2D eigenvalue weighted by Gasteiger charge is 2.40. The lowest BCUT2D eigenvalue weighted by atomic mass is 10.00. The van der Waals surface area contributed by atoms with Crippen molar-refractivity contribution in [2.45, 2.75) is 77.5 Å². The number of phenolic OH excluding ortho intramolecular Hbond substituents is 1. The topological polar surface area (TPSA) is 162 Å². The molecule has 0 aliphatic carbocycles. The smallest absolute Gasteiger partial charge is 0.326 e. The molecule has 1 aromatic rings. The van der Waals surface area contributed by atoms with Gasteiger partial charge in [-0.1, -0.05) is 39.8 Å². The molecule has 0 aromatic heterocycles. The van der Waals surface area contributed by atoms with Gasteiger partial charge in [0, 0.05) is 6.54 Å². The van der Waals surface area contributed by atoms with E-state index in [4.69, 9.17) is 5.73 Å². The molecule has 1 aliphatic heterocycles. The normalized spacial score (nSPS) is 18.3. The summed E-state index contributed by atoms with van der Waals surface area (Å²) in [5.41, 5.74) is 6.84. The van der Waals surface area contributed by atoms with Crippen molar-refractivity contribution in [2.75, 3.05) is 6.54 Å². The number of phenols is 1. The maximum atomic E-state index is 13.4. The summed E-state index contributed by atoms with van der Waals surface area (Å²) in [7, 11) is 0. The van der Waals surface area contributed by atoms with Crippen LogP contribution in [0.5, 0.6) is 5.75 Å². The van der Waals surface area contributed by atoms with Gasteiger partial charge in [-0.2, -0.15) is 0 Å². The number of nitrogens with two attached hydrogens (primary N) is 1. The molecule has 6 N–H and O–H groups in total. The van der Waals surface area contributed by atoms with E-state index in [0.717, 1.165) is 5.56 Å². The van der Waals surface area contributed by atoms with Gasteiger partial charge < -0.3 is 31.5 Å². The van der Waals surface area contributed by atoms with Crippen molar-refractivity contribution in [3.63, 3.8) is 0 Å². The van der Waals surface area contributed by atoms with E-state index in [1.807, 2.05) is 13.8 Å². The Hall–Kier alpha value is -3.14. The first-order valence-corrected chi connectivity index (χ1v) is 12.1. The third-order valence-corrected chi connectivity index (χ3v) is 6.12. The highest BCUT2D eigenvalue weighted by molar-refractivity contribution is 5.94. The Labute approximate surface area is 206 Å². The number of carboxylic acids is 1. The average Bonchev–Trinajstić information content (AvgIpc) is 3.27. The van der Waals surface area contributed by atoms with Gasteiger partial charge in [0.05, 0.1) is 6.04 Å². The highest BCUT2D eigenvalue weighted by atomic mass is 16.4. The van der Waals surface area contributed by atoms with Gasteiger partial charge in [-0.3, -0.25) is 14.4 Å². The van der Waals surface area contributed by atoms with Crippen LogP contribution in [-0.4, -0.2) is 69.5 Å². The Balaban J connectivity index is 2.07. The van der Waals surface area contributed by atoms with Crippen LogP contribution in [-0.2, 0) is 25.6 Å². The number of aromatic hydroxyl groups is 1. The number of rotatable bonds is 11. The summed E-state index contributed by atoms with van der Waals surface area (Å²) < 4.78 is 0. The molecule has 194 valence electrons. The van der Waals surface area contributed by atoms with Gasteiger partial charge in [-0.15, -0.1) is 0 Å². The third kappa shape index (κ3) is 7.95. The molecule has 1 aromatic carbocycles. The fraction of sp³-hybridized carbons (Fsp3) is 0.600. The molecule has 4 unspecified atom stereocenters. The Morgan fingerprint density at radius 1 is 1.09 bits per heavy atom. The number of nitrogens with zero attached hydrogens (tertiary/aromatic N) is 1. The molecule has 0 bridgehead atoms. The van der Waals surface area contributed by atoms with Gasteiger partial charge in [0.25, 0.3) is 0 Å². The van der Waals surface area contributed by atoms with Gasteiger partial charge in [0.1, 0.15) is 23.9 Å². The number of hydrogen-bond acceptors (Lipinski definition) is 6. The van der Waals surface area contributed by atoms with Crippen molar-refractivity contribution in [1.29, 1.82) is 0 Å². The van der Waals surface area contributed by atoms with Gasteiger partial charge in [0.15, 0.2) is 0 Å². The van der Waals surface area contributed by atoms with Gasteiger partial charge in [-0.05, 0) is 55.2 Å². The lowest BCUT2D eigenvalue weighted by Gasteiger charge is -2.31. The second-order valence-corrected chi connectivity index (χ2v) is 9.93. The van der Waals surface area contributed by atoms with E-state index >= 15 is 0 Å². The third-order valence-electron chi connectivity index (χ3n) is 6.12. The quantitative estimate of drug-likeness (QED) is 0.309. The maximum Gasteiger partial charge on any atom is 0.326 e. The molecule has 0 saturated carbocycles. The van der Waals surface area contributed by atoms with E-state index in [2.05, 4.69) is 10.6 Å². The lowest BCUT2D eigenvalue weighted by molar-refractivity contribution is -0.145. The number of carbonyl (C=O) groups excluding carboxylic acids is 3. The number of likely N-dealkylation sites (tertiary alicyclic amines) is 1. The summed E-state index contributed by atoms with van der Waals surface area (Å²) in [6.07, 6.45) is 1.53. The maximum absolute atomic E-state index is 13.4. The molecule has 10 nitrogen and oxygen atoms in total. The molecular weight excluding hydrogens is 452 g/mol. The van der Waals surface area contributed by atoms with Crippen LogP contribution in [0.1, 0.15) is 52.5 Å². The number of nitrogens with one attached hydrogen (secondary N) is 2. The summed E-state index contributed by atoms with van der Waals surface area (Å²) in [5, 5.41) is 24.2. The summed E-state index contributed by atoms with van der Waals surface area (Å²) in [4.78, 5) is 52.1. The zero-order chi connectivity index (χ0) is 26.3. The molecular formula is C25H38N4O6. The SMILES string of the molecule is CC(C)CC(NC(=O)C1CCCN1C(=O)C(NC(=O)C(N)Cc1ccc(O)cc1)C(C)C)C(=O)O. The van der Waals surface area contributed by atoms with E-state index in [9.17, 15) is 29.4 Å². The molecule has 0 spiro atoms. The predicted molar refractivity (Wildman–Crippen MR) is 130 cm³/mol. The number of carboxylic acid groups (broad SMARTS) is 1. The number of carbonyl (C=O) groups is 4. The summed E-state index contributed by atoms with van der Waals surface area (Å²) in [5.74, 6) is -2.57. The monoisotopic (exact) mass is 490 g/mol. The molecule has 1 fully saturated rings. The number of aliphatic carboxylic acids is 1.